The fourth-order valence-electron chi connectivity index (χ4n) is 0.301. The van der Waals surface area contributed by atoms with Crippen LogP contribution in [0.1, 0.15) is 19.8 Å². The summed E-state index contributed by atoms with van der Waals surface area (Å²) in [6.07, 6.45) is 2.58. The average Bonchev–Trinajstić information content (AvgIpc) is 1.69. The van der Waals surface area contributed by atoms with Gasteiger partial charge in [0.05, 0.1) is 5.21 Å². The molecule has 0 rings (SSSR count). The minimum atomic E-state index is 0.750. The van der Waals surface area contributed by atoms with Crippen LogP contribution >= 0.6 is 23.4 Å². The van der Waals surface area contributed by atoms with Crippen molar-refractivity contribution in [1.29, 1.82) is 0 Å². The third-order valence-electron chi connectivity index (χ3n) is 0.719. The van der Waals surface area contributed by atoms with E-state index in [4.69, 9.17) is 11.6 Å². The van der Waals surface area contributed by atoms with Crippen molar-refractivity contribution < 1.29 is 0 Å². The molecule has 0 radical (unpaired) electrons. The Bertz CT molecular complexity index is 27.3. The molecule has 0 aliphatic rings. The van der Waals surface area contributed by atoms with Gasteiger partial charge in [0.1, 0.15) is 0 Å². The third-order valence-corrected chi connectivity index (χ3v) is 1.91. The van der Waals surface area contributed by atoms with Crippen molar-refractivity contribution in [2.45, 2.75) is 19.8 Å². The Morgan fingerprint density at radius 2 is 2.29 bits per heavy atom. The van der Waals surface area contributed by atoms with Crippen molar-refractivity contribution in [2.75, 3.05) is 11.0 Å². The number of hydrogen-bond acceptors (Lipinski definition) is 1. The molecule has 0 N–H and O–H groups in total. The molecule has 0 saturated heterocycles. The van der Waals surface area contributed by atoms with Crippen LogP contribution in [0.3, 0.4) is 0 Å². The highest BCUT2D eigenvalue weighted by atomic mass is 35.5. The van der Waals surface area contributed by atoms with Gasteiger partial charge in [-0.1, -0.05) is 13.3 Å². The van der Waals surface area contributed by atoms with E-state index in [-0.39, 0.29) is 0 Å². The summed E-state index contributed by atoms with van der Waals surface area (Å²) in [6, 6.07) is 0. The van der Waals surface area contributed by atoms with Gasteiger partial charge in [-0.05, 0) is 12.2 Å². The van der Waals surface area contributed by atoms with E-state index in [0.717, 1.165) is 5.21 Å². The zero-order valence-electron chi connectivity index (χ0n) is 4.61. The lowest BCUT2D eigenvalue weighted by atomic mass is 10.4. The molecule has 44 valence electrons. The predicted molar refractivity (Wildman–Crippen MR) is 38.1 cm³/mol. The Hall–Kier alpha value is 0.640. The van der Waals surface area contributed by atoms with Gasteiger partial charge in [-0.3, -0.25) is 0 Å². The molecule has 0 atom stereocenters. The molecule has 0 unspecified atom stereocenters. The normalized spacial score (nSPS) is 9.43. The quantitative estimate of drug-likeness (QED) is 0.425. The Morgan fingerprint density at radius 1 is 1.57 bits per heavy atom. The molecule has 0 amide bonds. The summed E-state index contributed by atoms with van der Waals surface area (Å²) >= 11 is 7.20. The molecule has 0 fully saturated rings. The lowest BCUT2D eigenvalue weighted by Crippen LogP contribution is -1.74. The first kappa shape index (κ1) is 7.64. The first-order valence-corrected chi connectivity index (χ1v) is 4.24. The maximum atomic E-state index is 5.40. The number of hydrogen-bond donors (Lipinski definition) is 0. The maximum Gasteiger partial charge on any atom is 0.0680 e. The zero-order valence-corrected chi connectivity index (χ0v) is 6.19. The topological polar surface area (TPSA) is 0 Å². The minimum Gasteiger partial charge on any atom is -0.146 e. The van der Waals surface area contributed by atoms with E-state index in [2.05, 4.69) is 6.92 Å². The van der Waals surface area contributed by atoms with Crippen molar-refractivity contribution in [2.24, 2.45) is 0 Å². The maximum absolute atomic E-state index is 5.40. The largest absolute Gasteiger partial charge is 0.146 e. The number of thioether (sulfide) groups is 1. The molecular formula is C5H11ClS. The summed E-state index contributed by atoms with van der Waals surface area (Å²) < 4.78 is 0. The first-order valence-electron chi connectivity index (χ1n) is 2.55. The van der Waals surface area contributed by atoms with Gasteiger partial charge in [-0.15, -0.1) is 23.4 Å². The molecule has 0 spiro atoms. The van der Waals surface area contributed by atoms with Crippen molar-refractivity contribution in [1.82, 2.24) is 0 Å². The molecule has 0 aromatic rings. The number of alkyl halides is 1. The summed E-state index contributed by atoms with van der Waals surface area (Å²) in [7, 11) is 0. The van der Waals surface area contributed by atoms with Crippen LogP contribution in [0.2, 0.25) is 0 Å². The van der Waals surface area contributed by atoms with Crippen molar-refractivity contribution >= 4 is 23.4 Å². The van der Waals surface area contributed by atoms with Crippen LogP contribution < -0.4 is 0 Å². The summed E-state index contributed by atoms with van der Waals surface area (Å²) in [5, 5.41) is 0.750. The molecule has 0 aromatic heterocycles. The van der Waals surface area contributed by atoms with Gasteiger partial charge < -0.3 is 0 Å². The summed E-state index contributed by atoms with van der Waals surface area (Å²) in [5.41, 5.74) is 0. The highest BCUT2D eigenvalue weighted by Crippen LogP contribution is 2.04. The molecule has 0 heterocycles. The molecular weight excluding hydrogens is 128 g/mol. The van der Waals surface area contributed by atoms with E-state index in [0.29, 0.717) is 0 Å². The molecule has 0 aliphatic carbocycles. The zero-order chi connectivity index (χ0) is 5.54. The second-order valence-electron chi connectivity index (χ2n) is 1.37. The standard InChI is InChI=1S/C5H11ClS/c1-2-3-4-7-5-6/h2-5H2,1H3. The molecule has 0 aliphatic heterocycles. The van der Waals surface area contributed by atoms with Crippen molar-refractivity contribution in [3.05, 3.63) is 0 Å². The van der Waals surface area contributed by atoms with Gasteiger partial charge in [0.25, 0.3) is 0 Å². The summed E-state index contributed by atoms with van der Waals surface area (Å²) in [6.45, 7) is 2.19. The Kier molecular flexibility index (Phi) is 7.25. The van der Waals surface area contributed by atoms with Crippen LogP contribution in [0, 0.1) is 0 Å². The van der Waals surface area contributed by atoms with Crippen LogP contribution in [0.25, 0.3) is 0 Å². The smallest absolute Gasteiger partial charge is 0.0680 e. The average molecular weight is 139 g/mol. The second-order valence-corrected chi connectivity index (χ2v) is 3.06. The SMILES string of the molecule is CCCCSCCl. The monoisotopic (exact) mass is 138 g/mol. The second kappa shape index (κ2) is 6.64. The molecule has 0 bridgehead atoms. The van der Waals surface area contributed by atoms with E-state index in [1.807, 2.05) is 0 Å². The van der Waals surface area contributed by atoms with E-state index in [1.54, 1.807) is 11.8 Å². The molecule has 7 heavy (non-hydrogen) atoms. The first-order chi connectivity index (χ1) is 3.41. The van der Waals surface area contributed by atoms with Crippen LogP contribution in [-0.4, -0.2) is 11.0 Å². The van der Waals surface area contributed by atoms with Crippen LogP contribution in [-0.2, 0) is 0 Å². The minimum absolute atomic E-state index is 0.750. The van der Waals surface area contributed by atoms with Gasteiger partial charge in [-0.25, -0.2) is 0 Å². The summed E-state index contributed by atoms with van der Waals surface area (Å²) in [5.74, 6) is 1.22. The van der Waals surface area contributed by atoms with E-state index in [1.165, 1.54) is 18.6 Å². The lowest BCUT2D eigenvalue weighted by molar-refractivity contribution is 0.897. The van der Waals surface area contributed by atoms with E-state index in [9.17, 15) is 0 Å². The van der Waals surface area contributed by atoms with Crippen LogP contribution in [0.5, 0.6) is 0 Å². The van der Waals surface area contributed by atoms with Crippen molar-refractivity contribution in [3.8, 4) is 0 Å². The molecule has 2 heteroatoms. The summed E-state index contributed by atoms with van der Waals surface area (Å²) in [4.78, 5) is 0. The fourth-order valence-corrected chi connectivity index (χ4v) is 1.23. The predicted octanol–water partition coefficient (Wildman–Crippen LogP) is 2.72. The van der Waals surface area contributed by atoms with Crippen molar-refractivity contribution in [3.63, 3.8) is 0 Å². The van der Waals surface area contributed by atoms with Gasteiger partial charge in [0.15, 0.2) is 0 Å². The van der Waals surface area contributed by atoms with Crippen LogP contribution in [0.4, 0.5) is 0 Å². The number of halogens is 1. The highest BCUT2D eigenvalue weighted by Gasteiger charge is 1.81. The Morgan fingerprint density at radius 3 is 2.71 bits per heavy atom. The molecule has 0 saturated carbocycles. The highest BCUT2D eigenvalue weighted by molar-refractivity contribution is 8.00. The fraction of sp³-hybridized carbons (Fsp3) is 1.00. The lowest BCUT2D eigenvalue weighted by Gasteiger charge is -1.90. The van der Waals surface area contributed by atoms with Crippen LogP contribution in [0.15, 0.2) is 0 Å². The number of rotatable bonds is 4. The Labute approximate surface area is 54.6 Å². The molecule has 0 aromatic carbocycles. The van der Waals surface area contributed by atoms with E-state index < -0.39 is 0 Å². The van der Waals surface area contributed by atoms with Gasteiger partial charge in [0, 0.05) is 0 Å². The van der Waals surface area contributed by atoms with Gasteiger partial charge >= 0.3 is 0 Å². The Balaban J connectivity index is 2.45. The molecule has 0 nitrogen and oxygen atoms in total. The number of unbranched alkanes of at least 4 members (excludes halogenated alkanes) is 1. The van der Waals surface area contributed by atoms with E-state index >= 15 is 0 Å². The van der Waals surface area contributed by atoms with Gasteiger partial charge in [0.2, 0.25) is 0 Å². The third kappa shape index (κ3) is 6.64. The van der Waals surface area contributed by atoms with Gasteiger partial charge in [-0.2, -0.15) is 0 Å².